The highest BCUT2D eigenvalue weighted by atomic mass is 19.3. The molecule has 1 fully saturated rings. The predicted octanol–water partition coefficient (Wildman–Crippen LogP) is 4.31. The Bertz CT molecular complexity index is 1060. The second kappa shape index (κ2) is 10.4. The van der Waals surface area contributed by atoms with Crippen molar-refractivity contribution in [2.45, 2.75) is 50.0 Å². The smallest absolute Gasteiger partial charge is 0.407 e. The van der Waals surface area contributed by atoms with Crippen LogP contribution in [0.3, 0.4) is 0 Å². The van der Waals surface area contributed by atoms with Crippen molar-refractivity contribution in [1.82, 2.24) is 10.6 Å². The molecule has 2 aromatic carbocycles. The minimum Gasteiger partial charge on any atom is -0.477 e. The third-order valence-electron chi connectivity index (χ3n) is 6.82. The van der Waals surface area contributed by atoms with Gasteiger partial charge in [0.2, 0.25) is 5.91 Å². The lowest BCUT2D eigenvalue weighted by Crippen LogP contribution is -2.46. The van der Waals surface area contributed by atoms with Crippen molar-refractivity contribution in [3.63, 3.8) is 0 Å². The highest BCUT2D eigenvalue weighted by Crippen LogP contribution is 2.44. The second-order valence-corrected chi connectivity index (χ2v) is 9.11. The number of alkyl halides is 2. The number of amides is 2. The number of benzene rings is 2. The van der Waals surface area contributed by atoms with Crippen LogP contribution >= 0.6 is 0 Å². The van der Waals surface area contributed by atoms with E-state index in [0.29, 0.717) is 12.8 Å². The highest BCUT2D eigenvalue weighted by molar-refractivity contribution is 5.80. The number of hydrogen-bond donors (Lipinski definition) is 3. The molecule has 0 bridgehead atoms. The van der Waals surface area contributed by atoms with Crippen molar-refractivity contribution in [3.05, 3.63) is 59.7 Å². The first-order valence-corrected chi connectivity index (χ1v) is 11.8. The largest absolute Gasteiger partial charge is 0.477 e. The average molecular weight is 487 g/mol. The van der Waals surface area contributed by atoms with Gasteiger partial charge in [0.15, 0.2) is 0 Å². The Labute approximate surface area is 201 Å². The third kappa shape index (κ3) is 5.61. The Morgan fingerprint density at radius 3 is 2.20 bits per heavy atom. The lowest BCUT2D eigenvalue weighted by atomic mass is 9.82. The van der Waals surface area contributed by atoms with Crippen LogP contribution in [-0.2, 0) is 14.3 Å². The van der Waals surface area contributed by atoms with Gasteiger partial charge in [0.05, 0.1) is 6.54 Å². The number of hydrogen-bond acceptors (Lipinski definition) is 4. The first-order chi connectivity index (χ1) is 16.8. The lowest BCUT2D eigenvalue weighted by molar-refractivity contribution is -0.164. The topological polar surface area (TPSA) is 105 Å². The van der Waals surface area contributed by atoms with Crippen LogP contribution in [0.4, 0.5) is 13.6 Å². The molecule has 9 heteroatoms. The van der Waals surface area contributed by atoms with Crippen molar-refractivity contribution in [2.75, 3.05) is 13.2 Å². The van der Waals surface area contributed by atoms with E-state index in [-0.39, 0.29) is 30.9 Å². The van der Waals surface area contributed by atoms with Crippen LogP contribution in [0.2, 0.25) is 0 Å². The molecule has 0 saturated heterocycles. The average Bonchev–Trinajstić information content (AvgIpc) is 3.16. The summed E-state index contributed by atoms with van der Waals surface area (Å²) in [5.41, 5.74) is 4.46. The molecule has 2 amide bonds. The fourth-order valence-electron chi connectivity index (χ4n) is 5.03. The Morgan fingerprint density at radius 1 is 0.971 bits per heavy atom. The van der Waals surface area contributed by atoms with Crippen LogP contribution < -0.4 is 10.6 Å². The van der Waals surface area contributed by atoms with Crippen molar-refractivity contribution >= 4 is 18.0 Å². The monoisotopic (exact) mass is 486 g/mol. The molecule has 2 aromatic rings. The fourth-order valence-corrected chi connectivity index (χ4v) is 5.03. The Morgan fingerprint density at radius 2 is 1.57 bits per heavy atom. The van der Waals surface area contributed by atoms with Crippen LogP contribution in [0.15, 0.2) is 48.5 Å². The van der Waals surface area contributed by atoms with Gasteiger partial charge >= 0.3 is 18.0 Å². The maximum Gasteiger partial charge on any atom is 0.407 e. The van der Waals surface area contributed by atoms with Crippen molar-refractivity contribution in [3.8, 4) is 11.1 Å². The molecule has 0 aromatic heterocycles. The van der Waals surface area contributed by atoms with Gasteiger partial charge in [-0.1, -0.05) is 61.4 Å². The molecule has 0 radical (unpaired) electrons. The van der Waals surface area contributed by atoms with Gasteiger partial charge in [-0.2, -0.15) is 8.78 Å². The van der Waals surface area contributed by atoms with Crippen molar-refractivity contribution in [2.24, 2.45) is 5.92 Å². The standard InChI is InChI=1S/C26H28F2N2O5/c27-26(28,24(32)33)15-29-23(31)13-16-7-1-6-12-22(16)30-25(34)35-14-21-19-10-4-2-8-17(19)18-9-3-5-11-20(18)21/h2-5,8-11,16,21-22H,1,6-7,12-15H2,(H,29,31)(H,30,34)(H,32,33)/t16-,22-/m0/s1. The molecule has 4 rings (SSSR count). The molecule has 2 aliphatic carbocycles. The number of fused-ring (bicyclic) bond motifs is 3. The second-order valence-electron chi connectivity index (χ2n) is 9.11. The molecular weight excluding hydrogens is 458 g/mol. The van der Waals surface area contributed by atoms with Gasteiger partial charge < -0.3 is 20.5 Å². The van der Waals surface area contributed by atoms with Crippen LogP contribution in [0.5, 0.6) is 0 Å². The maximum atomic E-state index is 13.2. The minimum absolute atomic E-state index is 0.0722. The van der Waals surface area contributed by atoms with E-state index in [1.54, 1.807) is 0 Å². The van der Waals surface area contributed by atoms with E-state index in [2.05, 4.69) is 17.4 Å². The summed E-state index contributed by atoms with van der Waals surface area (Å²) in [6, 6.07) is 15.7. The number of carboxylic acid groups (broad SMARTS) is 1. The maximum absolute atomic E-state index is 13.2. The van der Waals surface area contributed by atoms with Gasteiger partial charge in [-0.3, -0.25) is 4.79 Å². The van der Waals surface area contributed by atoms with Crippen LogP contribution in [0, 0.1) is 5.92 Å². The zero-order chi connectivity index (χ0) is 25.0. The third-order valence-corrected chi connectivity index (χ3v) is 6.82. The zero-order valence-corrected chi connectivity index (χ0v) is 19.1. The van der Waals surface area contributed by atoms with E-state index in [1.165, 1.54) is 0 Å². The number of rotatable bonds is 8. The predicted molar refractivity (Wildman–Crippen MR) is 124 cm³/mol. The molecule has 0 heterocycles. The van der Waals surface area contributed by atoms with E-state index in [4.69, 9.17) is 9.84 Å². The van der Waals surface area contributed by atoms with Gasteiger partial charge in [-0.05, 0) is 41.0 Å². The summed E-state index contributed by atoms with van der Waals surface area (Å²) in [5, 5.41) is 13.3. The van der Waals surface area contributed by atoms with Gasteiger partial charge in [-0.25, -0.2) is 9.59 Å². The number of carboxylic acids is 1. The molecule has 3 N–H and O–H groups in total. The number of halogens is 2. The van der Waals surface area contributed by atoms with Crippen LogP contribution in [0.1, 0.15) is 49.1 Å². The Hall–Kier alpha value is -3.49. The molecule has 35 heavy (non-hydrogen) atoms. The Balaban J connectivity index is 1.32. The van der Waals surface area contributed by atoms with E-state index < -0.39 is 30.4 Å². The van der Waals surface area contributed by atoms with Gasteiger partial charge in [0.25, 0.3) is 0 Å². The Kier molecular flexibility index (Phi) is 7.33. The van der Waals surface area contributed by atoms with Gasteiger partial charge in [0.1, 0.15) is 6.61 Å². The molecule has 7 nitrogen and oxygen atoms in total. The summed E-state index contributed by atoms with van der Waals surface area (Å²) in [6.07, 6.45) is 2.35. The van der Waals surface area contributed by atoms with E-state index in [1.807, 2.05) is 41.7 Å². The summed E-state index contributed by atoms with van der Waals surface area (Å²) in [6.45, 7) is -1.10. The number of carbonyl (C=O) groups excluding carboxylic acids is 2. The summed E-state index contributed by atoms with van der Waals surface area (Å²) >= 11 is 0. The summed E-state index contributed by atoms with van der Waals surface area (Å²) in [5.74, 6) is -7.30. The molecule has 0 unspecified atom stereocenters. The minimum atomic E-state index is -4.03. The SMILES string of the molecule is O=C(C[C@@H]1CCCC[C@@H]1NC(=O)OCC1c2ccccc2-c2ccccc21)NCC(F)(F)C(=O)O. The van der Waals surface area contributed by atoms with E-state index >= 15 is 0 Å². The molecule has 0 spiro atoms. The van der Waals surface area contributed by atoms with Gasteiger partial charge in [-0.15, -0.1) is 0 Å². The molecule has 0 aliphatic heterocycles. The molecule has 1 saturated carbocycles. The number of alkyl carbamates (subject to hydrolysis) is 1. The van der Waals surface area contributed by atoms with Crippen LogP contribution in [-0.4, -0.2) is 48.2 Å². The molecule has 2 aliphatic rings. The highest BCUT2D eigenvalue weighted by Gasteiger charge is 2.39. The number of nitrogens with one attached hydrogen (secondary N) is 2. The fraction of sp³-hybridized carbons (Fsp3) is 0.423. The lowest BCUT2D eigenvalue weighted by Gasteiger charge is -2.31. The number of carbonyl (C=O) groups is 3. The van der Waals surface area contributed by atoms with Crippen molar-refractivity contribution in [1.29, 1.82) is 0 Å². The molecule has 186 valence electrons. The van der Waals surface area contributed by atoms with E-state index in [0.717, 1.165) is 35.1 Å². The number of ether oxygens (including phenoxy) is 1. The molecular formula is C26H28F2N2O5. The zero-order valence-electron chi connectivity index (χ0n) is 19.1. The normalized spacial score (nSPS) is 19.4. The summed E-state index contributed by atoms with van der Waals surface area (Å²) in [4.78, 5) is 35.3. The summed E-state index contributed by atoms with van der Waals surface area (Å²) < 4.78 is 32.1. The number of aliphatic carboxylic acids is 1. The van der Waals surface area contributed by atoms with Crippen molar-refractivity contribution < 1.29 is 33.0 Å². The van der Waals surface area contributed by atoms with Gasteiger partial charge in [0, 0.05) is 18.4 Å². The quantitative estimate of drug-likeness (QED) is 0.516. The van der Waals surface area contributed by atoms with Crippen LogP contribution in [0.25, 0.3) is 11.1 Å². The summed E-state index contributed by atoms with van der Waals surface area (Å²) in [7, 11) is 0. The first-order valence-electron chi connectivity index (χ1n) is 11.8. The molecule has 2 atom stereocenters. The first kappa shape index (κ1) is 24.6. The van der Waals surface area contributed by atoms with E-state index in [9.17, 15) is 23.2 Å².